The van der Waals surface area contributed by atoms with Crippen LogP contribution in [0.1, 0.15) is 67.9 Å². The van der Waals surface area contributed by atoms with E-state index in [2.05, 4.69) is 44.7 Å². The van der Waals surface area contributed by atoms with Crippen molar-refractivity contribution < 1.29 is 4.79 Å². The molecule has 6 heteroatoms. The van der Waals surface area contributed by atoms with Gasteiger partial charge >= 0.3 is 0 Å². The monoisotopic (exact) mass is 407 g/mol. The smallest absolute Gasteiger partial charge is 0.244 e. The number of aromatic nitrogens is 3. The summed E-state index contributed by atoms with van der Waals surface area (Å²) in [6.45, 7) is 6.04. The zero-order valence-electron chi connectivity index (χ0n) is 18.2. The Kier molecular flexibility index (Phi) is 6.50. The minimum Gasteiger partial charge on any atom is -0.348 e. The summed E-state index contributed by atoms with van der Waals surface area (Å²) >= 11 is 0. The highest BCUT2D eigenvalue weighted by molar-refractivity contribution is 5.92. The van der Waals surface area contributed by atoms with Gasteiger partial charge in [0.2, 0.25) is 11.9 Å². The molecule has 0 spiro atoms. The number of nitrogens with zero attached hydrogens (tertiary/aromatic N) is 4. The first kappa shape index (κ1) is 20.6. The molecule has 6 nitrogen and oxygen atoms in total. The molecule has 1 unspecified atom stereocenters. The van der Waals surface area contributed by atoms with E-state index in [1.807, 2.05) is 12.1 Å². The minimum absolute atomic E-state index is 0.0294. The molecule has 1 saturated heterocycles. The van der Waals surface area contributed by atoms with Crippen LogP contribution in [0, 0.1) is 13.8 Å². The second-order valence-corrected chi connectivity index (χ2v) is 8.66. The third-order valence-electron chi connectivity index (χ3n) is 6.48. The van der Waals surface area contributed by atoms with E-state index in [0.717, 1.165) is 37.4 Å². The van der Waals surface area contributed by atoms with Crippen molar-refractivity contribution in [2.75, 3.05) is 18.0 Å². The summed E-state index contributed by atoms with van der Waals surface area (Å²) in [5, 5.41) is 3.16. The van der Waals surface area contributed by atoms with Crippen molar-refractivity contribution in [2.45, 2.75) is 70.9 Å². The summed E-state index contributed by atoms with van der Waals surface area (Å²) in [5.41, 5.74) is 3.72. The predicted molar refractivity (Wildman–Crippen MR) is 120 cm³/mol. The van der Waals surface area contributed by atoms with Gasteiger partial charge in [-0.3, -0.25) is 4.79 Å². The number of aryl methyl sites for hydroxylation is 1. The quantitative estimate of drug-likeness (QED) is 0.755. The second kappa shape index (κ2) is 9.45. The molecular formula is C24H33N5O. The molecule has 4 rings (SSSR count). The summed E-state index contributed by atoms with van der Waals surface area (Å²) in [6.07, 6.45) is 15.7. The third kappa shape index (κ3) is 4.74. The minimum atomic E-state index is -0.0294. The fourth-order valence-electron chi connectivity index (χ4n) is 5.02. The topological polar surface area (TPSA) is 63.1 Å². The van der Waals surface area contributed by atoms with Crippen molar-refractivity contribution in [3.05, 3.63) is 47.6 Å². The van der Waals surface area contributed by atoms with Gasteiger partial charge < -0.3 is 14.8 Å². The van der Waals surface area contributed by atoms with Gasteiger partial charge in [0.15, 0.2) is 0 Å². The first-order valence-corrected chi connectivity index (χ1v) is 11.3. The standard InChI is InChI=1S/C24H33N5O/c1-18-16-20(19(2)29(18)22-9-4-3-5-10-22)11-12-23(30)27-21-8-6-15-28(17-21)24-25-13-7-14-26-24/h7,11-14,16,21-22H,3-6,8-10,15,17H2,1-2H3,(H,27,30). The van der Waals surface area contributed by atoms with Gasteiger partial charge in [0, 0.05) is 55.0 Å². The summed E-state index contributed by atoms with van der Waals surface area (Å²) < 4.78 is 2.48. The average molecular weight is 408 g/mol. The number of carbonyl (C=O) groups is 1. The highest BCUT2D eigenvalue weighted by Crippen LogP contribution is 2.32. The van der Waals surface area contributed by atoms with Gasteiger partial charge in [0.05, 0.1) is 0 Å². The van der Waals surface area contributed by atoms with Gasteiger partial charge in [-0.15, -0.1) is 0 Å². The molecule has 0 radical (unpaired) electrons. The summed E-state index contributed by atoms with van der Waals surface area (Å²) in [4.78, 5) is 23.4. The number of hydrogen-bond acceptors (Lipinski definition) is 4. The SMILES string of the molecule is Cc1cc(C=CC(=O)NC2CCCN(c3ncccn3)C2)c(C)n1C1CCCCC1. The van der Waals surface area contributed by atoms with E-state index >= 15 is 0 Å². The van der Waals surface area contributed by atoms with Crippen LogP contribution >= 0.6 is 0 Å². The molecule has 1 aliphatic heterocycles. The molecule has 2 aliphatic rings. The van der Waals surface area contributed by atoms with Gasteiger partial charge in [-0.05, 0) is 63.3 Å². The van der Waals surface area contributed by atoms with E-state index in [1.165, 1.54) is 43.5 Å². The zero-order valence-corrected chi connectivity index (χ0v) is 18.2. The molecule has 1 saturated carbocycles. The first-order chi connectivity index (χ1) is 14.6. The summed E-state index contributed by atoms with van der Waals surface area (Å²) in [6, 6.07) is 4.77. The lowest BCUT2D eigenvalue weighted by atomic mass is 9.95. The molecule has 0 aromatic carbocycles. The van der Waals surface area contributed by atoms with E-state index in [1.54, 1.807) is 18.5 Å². The predicted octanol–water partition coefficient (Wildman–Crippen LogP) is 4.20. The molecular weight excluding hydrogens is 374 g/mol. The summed E-state index contributed by atoms with van der Waals surface area (Å²) in [5.74, 6) is 0.709. The number of amides is 1. The Morgan fingerprint density at radius 3 is 2.63 bits per heavy atom. The lowest BCUT2D eigenvalue weighted by molar-refractivity contribution is -0.117. The molecule has 3 heterocycles. The first-order valence-electron chi connectivity index (χ1n) is 11.3. The van der Waals surface area contributed by atoms with Gasteiger partial charge in [0.25, 0.3) is 0 Å². The van der Waals surface area contributed by atoms with Crippen LogP contribution in [0.4, 0.5) is 5.95 Å². The van der Waals surface area contributed by atoms with Crippen LogP contribution in [0.2, 0.25) is 0 Å². The second-order valence-electron chi connectivity index (χ2n) is 8.66. The Hall–Kier alpha value is -2.63. The van der Waals surface area contributed by atoms with E-state index in [4.69, 9.17) is 0 Å². The van der Waals surface area contributed by atoms with Crippen molar-refractivity contribution in [1.29, 1.82) is 0 Å². The molecule has 1 N–H and O–H groups in total. The fraction of sp³-hybridized carbons (Fsp3) is 0.542. The Labute approximate surface area is 179 Å². The molecule has 30 heavy (non-hydrogen) atoms. The van der Waals surface area contributed by atoms with Crippen LogP contribution in [0.15, 0.2) is 30.6 Å². The van der Waals surface area contributed by atoms with Crippen LogP contribution in [0.5, 0.6) is 0 Å². The largest absolute Gasteiger partial charge is 0.348 e. The molecule has 1 aliphatic carbocycles. The summed E-state index contributed by atoms with van der Waals surface area (Å²) in [7, 11) is 0. The van der Waals surface area contributed by atoms with Crippen LogP contribution in [-0.4, -0.2) is 39.6 Å². The van der Waals surface area contributed by atoms with Crippen molar-refractivity contribution in [2.24, 2.45) is 0 Å². The number of hydrogen-bond donors (Lipinski definition) is 1. The number of carbonyl (C=O) groups excluding carboxylic acids is 1. The fourth-order valence-corrected chi connectivity index (χ4v) is 5.02. The lowest BCUT2D eigenvalue weighted by Crippen LogP contribution is -2.47. The van der Waals surface area contributed by atoms with Crippen LogP contribution in [0.3, 0.4) is 0 Å². The van der Waals surface area contributed by atoms with E-state index in [0.29, 0.717) is 6.04 Å². The van der Waals surface area contributed by atoms with Crippen LogP contribution in [-0.2, 0) is 4.79 Å². The number of nitrogens with one attached hydrogen (secondary N) is 1. The molecule has 2 aromatic rings. The number of piperidine rings is 1. The van der Waals surface area contributed by atoms with Crippen LogP contribution < -0.4 is 10.2 Å². The maximum Gasteiger partial charge on any atom is 0.244 e. The Bertz CT molecular complexity index is 883. The van der Waals surface area contributed by atoms with Gasteiger partial charge in [-0.1, -0.05) is 19.3 Å². The highest BCUT2D eigenvalue weighted by atomic mass is 16.1. The highest BCUT2D eigenvalue weighted by Gasteiger charge is 2.23. The number of rotatable bonds is 5. The van der Waals surface area contributed by atoms with Crippen molar-refractivity contribution in [1.82, 2.24) is 19.9 Å². The molecule has 1 atom stereocenters. The average Bonchev–Trinajstić information content (AvgIpc) is 3.06. The molecule has 1 amide bonds. The van der Waals surface area contributed by atoms with Gasteiger partial charge in [-0.2, -0.15) is 0 Å². The Balaban J connectivity index is 1.37. The molecule has 2 fully saturated rings. The van der Waals surface area contributed by atoms with E-state index < -0.39 is 0 Å². The third-order valence-corrected chi connectivity index (χ3v) is 6.48. The van der Waals surface area contributed by atoms with Crippen LogP contribution in [0.25, 0.3) is 6.08 Å². The molecule has 2 aromatic heterocycles. The van der Waals surface area contributed by atoms with E-state index in [9.17, 15) is 4.79 Å². The molecule has 0 bridgehead atoms. The van der Waals surface area contributed by atoms with Gasteiger partial charge in [-0.25, -0.2) is 9.97 Å². The Morgan fingerprint density at radius 1 is 1.10 bits per heavy atom. The molecule has 160 valence electrons. The Morgan fingerprint density at radius 2 is 1.87 bits per heavy atom. The zero-order chi connectivity index (χ0) is 20.9. The van der Waals surface area contributed by atoms with E-state index in [-0.39, 0.29) is 11.9 Å². The normalized spacial score (nSPS) is 20.6. The van der Waals surface area contributed by atoms with Gasteiger partial charge in [0.1, 0.15) is 0 Å². The van der Waals surface area contributed by atoms with Crippen molar-refractivity contribution in [3.63, 3.8) is 0 Å². The lowest BCUT2D eigenvalue weighted by Gasteiger charge is -2.32. The maximum absolute atomic E-state index is 12.6. The van der Waals surface area contributed by atoms with Crippen molar-refractivity contribution >= 4 is 17.9 Å². The van der Waals surface area contributed by atoms with Crippen molar-refractivity contribution in [3.8, 4) is 0 Å². The maximum atomic E-state index is 12.6. The number of anilines is 1.